The number of hydrogen-bond acceptors (Lipinski definition) is 15. The minimum Gasteiger partial charge on any atom is -0.481 e. The Balaban J connectivity index is 0.000000182. The second-order valence-electron chi connectivity index (χ2n) is 19.9. The van der Waals surface area contributed by atoms with E-state index in [1.807, 2.05) is 67.1 Å². The van der Waals surface area contributed by atoms with Gasteiger partial charge in [-0.2, -0.15) is 10.2 Å². The number of carbonyl (C=O) groups is 2. The van der Waals surface area contributed by atoms with Gasteiger partial charge in [0.15, 0.2) is 11.3 Å². The fourth-order valence-electron chi connectivity index (χ4n) is 11.7. The molecule has 4 aliphatic heterocycles. The van der Waals surface area contributed by atoms with Crippen molar-refractivity contribution in [1.82, 2.24) is 49.3 Å². The summed E-state index contributed by atoms with van der Waals surface area (Å²) in [4.78, 5) is 53.3. The number of aliphatic carboxylic acids is 1. The summed E-state index contributed by atoms with van der Waals surface area (Å²) in [6, 6.07) is 10.5. The number of aryl methyl sites for hydroxylation is 2. The first-order valence-electron chi connectivity index (χ1n) is 25.6. The van der Waals surface area contributed by atoms with Crippen molar-refractivity contribution >= 4 is 92.3 Å². The summed E-state index contributed by atoms with van der Waals surface area (Å²) in [6.07, 6.45) is 8.79. The summed E-state index contributed by atoms with van der Waals surface area (Å²) >= 11 is 25.2. The van der Waals surface area contributed by atoms with Crippen LogP contribution in [0.5, 0.6) is 0 Å². The van der Waals surface area contributed by atoms with Crippen LogP contribution in [0, 0.1) is 25.7 Å². The molecule has 74 heavy (non-hydrogen) atoms. The molecule has 18 nitrogen and oxygen atoms in total. The standard InChI is InChI=1S/C27H34Cl2N6O3.C25H30Cl2N6O3/c1-4-38-27(37)21-14-33(11-9-23(21)34-10-5-6-19(34)15-36)24-13-30-25-16(2)32-35(26(25)31-24)17(3)20-8-7-18(28)12-22(20)29;1-14-23-24(33(30-14)15(2)18-6-5-16(26)10-20(18)27)29-22(11-28-23)31-9-7-21(19(12-31)25(35)36)32-8-3-4-17(32)13-34/h7-8,12-13,17,19,21,23,36H,4-6,9-11,14-15H2,1-3H3;5-6,10-11,15,17,19,21,34H,3-4,7-9,12-13H2,1-2H3,(H,35,36)/t17-,19+,21?,23?;15-,17+,19?,21?/m11/s1. The van der Waals surface area contributed by atoms with E-state index in [4.69, 9.17) is 76.3 Å². The van der Waals surface area contributed by atoms with Gasteiger partial charge < -0.3 is 29.9 Å². The van der Waals surface area contributed by atoms with Crippen LogP contribution in [0.2, 0.25) is 20.1 Å². The summed E-state index contributed by atoms with van der Waals surface area (Å²) < 4.78 is 9.15. The molecule has 4 unspecified atom stereocenters. The summed E-state index contributed by atoms with van der Waals surface area (Å²) in [5.74, 6) is -0.627. The molecule has 0 aliphatic carbocycles. The Morgan fingerprint density at radius 2 is 1.12 bits per heavy atom. The van der Waals surface area contributed by atoms with E-state index in [0.29, 0.717) is 81.2 Å². The molecule has 8 atom stereocenters. The lowest BCUT2D eigenvalue weighted by atomic mass is 9.90. The van der Waals surface area contributed by atoms with E-state index in [1.54, 1.807) is 30.6 Å². The lowest BCUT2D eigenvalue weighted by Crippen LogP contribution is -2.56. The van der Waals surface area contributed by atoms with E-state index in [9.17, 15) is 24.9 Å². The average molecular weight is 1090 g/mol. The number of piperidine rings is 2. The number of fused-ring (bicyclic) bond motifs is 2. The molecular formula is C52H64Cl4N12O6. The van der Waals surface area contributed by atoms with Gasteiger partial charge in [0.2, 0.25) is 0 Å². The van der Waals surface area contributed by atoms with Gasteiger partial charge in [-0.05, 0) is 122 Å². The van der Waals surface area contributed by atoms with Gasteiger partial charge in [-0.3, -0.25) is 19.4 Å². The van der Waals surface area contributed by atoms with Crippen molar-refractivity contribution in [2.45, 2.75) is 109 Å². The zero-order valence-electron chi connectivity index (χ0n) is 42.3. The molecule has 2 aromatic carbocycles. The molecule has 0 saturated carbocycles. The summed E-state index contributed by atoms with van der Waals surface area (Å²) in [6.45, 7) is 14.1. The molecule has 0 bridgehead atoms. The van der Waals surface area contributed by atoms with Gasteiger partial charge in [0.1, 0.15) is 22.7 Å². The molecule has 4 saturated heterocycles. The number of aliphatic hydroxyl groups excluding tert-OH is 2. The molecule has 0 spiro atoms. The minimum atomic E-state index is -0.825. The van der Waals surface area contributed by atoms with Crippen LogP contribution in [0.1, 0.15) is 93.9 Å². The van der Waals surface area contributed by atoms with E-state index in [-0.39, 0.29) is 61.4 Å². The lowest BCUT2D eigenvalue weighted by molar-refractivity contribution is -0.151. The van der Waals surface area contributed by atoms with Gasteiger partial charge >= 0.3 is 11.9 Å². The van der Waals surface area contributed by atoms with E-state index in [2.05, 4.69) is 19.7 Å². The summed E-state index contributed by atoms with van der Waals surface area (Å²) in [7, 11) is 0. The van der Waals surface area contributed by atoms with Gasteiger partial charge in [0, 0.05) is 70.4 Å². The van der Waals surface area contributed by atoms with Crippen molar-refractivity contribution in [3.63, 3.8) is 0 Å². The van der Waals surface area contributed by atoms with Crippen LogP contribution in [-0.2, 0) is 14.3 Å². The molecule has 4 aliphatic rings. The van der Waals surface area contributed by atoms with Gasteiger partial charge in [-0.1, -0.05) is 58.5 Å². The molecule has 8 heterocycles. The molecule has 4 aromatic heterocycles. The number of ether oxygens (including phenoxy) is 1. The highest BCUT2D eigenvalue weighted by molar-refractivity contribution is 6.35. The van der Waals surface area contributed by atoms with Crippen LogP contribution >= 0.6 is 46.4 Å². The lowest BCUT2D eigenvalue weighted by Gasteiger charge is -2.43. The molecule has 6 aromatic rings. The zero-order chi connectivity index (χ0) is 52.5. The van der Waals surface area contributed by atoms with Crippen LogP contribution < -0.4 is 9.80 Å². The molecule has 10 rings (SSSR count). The largest absolute Gasteiger partial charge is 0.481 e. The van der Waals surface area contributed by atoms with E-state index in [0.717, 1.165) is 79.8 Å². The van der Waals surface area contributed by atoms with E-state index >= 15 is 0 Å². The van der Waals surface area contributed by atoms with Crippen LogP contribution in [-0.4, -0.2) is 160 Å². The second-order valence-corrected chi connectivity index (χ2v) is 21.6. The molecule has 22 heteroatoms. The maximum absolute atomic E-state index is 13.1. The van der Waals surface area contributed by atoms with Crippen molar-refractivity contribution in [2.24, 2.45) is 11.8 Å². The quantitative estimate of drug-likeness (QED) is 0.0936. The number of benzene rings is 2. The van der Waals surface area contributed by atoms with E-state index in [1.165, 1.54) is 0 Å². The van der Waals surface area contributed by atoms with E-state index < -0.39 is 11.9 Å². The number of aromatic nitrogens is 8. The summed E-state index contributed by atoms with van der Waals surface area (Å²) in [5, 5.41) is 41.4. The number of likely N-dealkylation sites (tertiary alicyclic amines) is 2. The highest BCUT2D eigenvalue weighted by atomic mass is 35.5. The van der Waals surface area contributed by atoms with Gasteiger partial charge in [0.25, 0.3) is 0 Å². The number of esters is 1. The first-order chi connectivity index (χ1) is 35.6. The fraction of sp³-hybridized carbons (Fsp3) is 0.538. The Labute approximate surface area is 450 Å². The zero-order valence-corrected chi connectivity index (χ0v) is 45.3. The SMILES string of the molecule is CCOC(=O)C1CN(c2cnc3c(C)nn([C@H](C)c4ccc(Cl)cc4Cl)c3n2)CCC1N1CCC[C@H]1CO.Cc1nn([C@H](C)c2ccc(Cl)cc2Cl)c2nc(N3CCC(N4CCC[C@H]4CO)C(C(=O)O)C3)cnc12. The third-order valence-corrected chi connectivity index (χ3v) is 16.6. The third kappa shape index (κ3) is 10.9. The van der Waals surface area contributed by atoms with Crippen molar-refractivity contribution < 1.29 is 29.6 Å². The van der Waals surface area contributed by atoms with Gasteiger partial charge in [-0.25, -0.2) is 29.3 Å². The molecule has 4 fully saturated rings. The number of aliphatic hydroxyl groups is 2. The molecular weight excluding hydrogens is 1030 g/mol. The Hall–Kier alpha value is -4.92. The van der Waals surface area contributed by atoms with Crippen molar-refractivity contribution in [1.29, 1.82) is 0 Å². The predicted molar refractivity (Wildman–Crippen MR) is 287 cm³/mol. The topological polar surface area (TPSA) is 204 Å². The maximum Gasteiger partial charge on any atom is 0.312 e. The average Bonchev–Trinajstić information content (AvgIpc) is 4.21. The first kappa shape index (κ1) is 53.9. The van der Waals surface area contributed by atoms with Crippen LogP contribution in [0.25, 0.3) is 22.3 Å². The minimum absolute atomic E-state index is 0.0291. The number of halogens is 4. The number of anilines is 2. The Bertz CT molecular complexity index is 3000. The first-order valence-corrected chi connectivity index (χ1v) is 27.1. The fourth-order valence-corrected chi connectivity index (χ4v) is 12.8. The number of carboxylic acids is 1. The van der Waals surface area contributed by atoms with Crippen LogP contribution in [0.15, 0.2) is 48.8 Å². The second kappa shape index (κ2) is 23.1. The summed E-state index contributed by atoms with van der Waals surface area (Å²) in [5.41, 5.74) is 6.00. The molecule has 3 N–H and O–H groups in total. The van der Waals surface area contributed by atoms with Gasteiger partial charge in [0.05, 0.1) is 67.5 Å². The predicted octanol–water partition coefficient (Wildman–Crippen LogP) is 8.05. The number of nitrogens with zero attached hydrogens (tertiary/aromatic N) is 12. The normalized spacial score (nSPS) is 23.6. The smallest absolute Gasteiger partial charge is 0.312 e. The van der Waals surface area contributed by atoms with Crippen LogP contribution in [0.3, 0.4) is 0 Å². The Morgan fingerprint density at radius 3 is 1.54 bits per heavy atom. The molecule has 0 amide bonds. The number of rotatable bonds is 13. The number of carbonyl (C=O) groups excluding carboxylic acids is 1. The van der Waals surface area contributed by atoms with Crippen molar-refractivity contribution in [2.75, 3.05) is 68.9 Å². The van der Waals surface area contributed by atoms with Gasteiger partial charge in [-0.15, -0.1) is 0 Å². The number of carboxylic acid groups (broad SMARTS) is 1. The molecule has 0 radical (unpaired) electrons. The highest BCUT2D eigenvalue weighted by Gasteiger charge is 2.44. The maximum atomic E-state index is 13.1. The number of hydrogen-bond donors (Lipinski definition) is 3. The Kier molecular flexibility index (Phi) is 16.8. The Morgan fingerprint density at radius 1 is 0.676 bits per heavy atom. The van der Waals surface area contributed by atoms with Crippen molar-refractivity contribution in [3.05, 3.63) is 91.4 Å². The van der Waals surface area contributed by atoms with Crippen molar-refractivity contribution in [3.8, 4) is 0 Å². The van der Waals surface area contributed by atoms with Crippen LogP contribution in [0.4, 0.5) is 11.6 Å². The third-order valence-electron chi connectivity index (χ3n) is 15.5. The monoisotopic (exact) mass is 1090 g/mol. The highest BCUT2D eigenvalue weighted by Crippen LogP contribution is 2.37. The molecule has 396 valence electrons.